The van der Waals surface area contributed by atoms with Crippen molar-refractivity contribution in [2.24, 2.45) is 0 Å². The van der Waals surface area contributed by atoms with Gasteiger partial charge < -0.3 is 10.1 Å². The Morgan fingerprint density at radius 1 is 1.27 bits per heavy atom. The van der Waals surface area contributed by atoms with Gasteiger partial charge in [0.05, 0.1) is 23.6 Å². The molecule has 0 spiro atoms. The molecule has 1 N–H and O–H groups in total. The van der Waals surface area contributed by atoms with Crippen LogP contribution in [0.2, 0.25) is 0 Å². The summed E-state index contributed by atoms with van der Waals surface area (Å²) in [5, 5.41) is 8.25. The summed E-state index contributed by atoms with van der Waals surface area (Å²) >= 11 is 1.41. The fourth-order valence-electron chi connectivity index (χ4n) is 2.53. The number of amides is 1. The number of nitrogens with one attached hydrogen (secondary N) is 1. The topological polar surface area (TPSA) is 68.5 Å². The van der Waals surface area contributed by atoms with E-state index in [4.69, 9.17) is 4.74 Å². The predicted molar refractivity (Wildman–Crippen MR) is 104 cm³/mol. The minimum atomic E-state index is -0.0373. The molecule has 0 radical (unpaired) electrons. The van der Waals surface area contributed by atoms with Gasteiger partial charge in [0.1, 0.15) is 5.03 Å². The Morgan fingerprint density at radius 2 is 2.12 bits per heavy atom. The molecule has 0 bridgehead atoms. The van der Waals surface area contributed by atoms with Crippen molar-refractivity contribution in [3.05, 3.63) is 47.8 Å². The minimum Gasteiger partial charge on any atom is -0.383 e. The minimum absolute atomic E-state index is 0.0373. The van der Waals surface area contributed by atoms with Gasteiger partial charge in [-0.2, -0.15) is 5.10 Å². The van der Waals surface area contributed by atoms with Gasteiger partial charge in [-0.25, -0.2) is 9.50 Å². The number of methoxy groups -OCH3 is 1. The second kappa shape index (κ2) is 8.33. The number of nitrogens with zero attached hydrogens (tertiary/aromatic N) is 3. The van der Waals surface area contributed by atoms with Crippen molar-refractivity contribution in [2.45, 2.75) is 18.9 Å². The van der Waals surface area contributed by atoms with E-state index in [1.165, 1.54) is 22.9 Å². The first-order valence-corrected chi connectivity index (χ1v) is 9.37. The van der Waals surface area contributed by atoms with E-state index in [0.717, 1.165) is 21.8 Å². The Morgan fingerprint density at radius 3 is 2.88 bits per heavy atom. The number of carbonyl (C=O) groups excluding carboxylic acids is 1. The molecule has 0 aliphatic rings. The molecule has 2 heterocycles. The number of thioether (sulfide) groups is 1. The van der Waals surface area contributed by atoms with Crippen molar-refractivity contribution in [1.29, 1.82) is 0 Å². The number of carbonyl (C=O) groups is 1. The predicted octanol–water partition coefficient (Wildman–Crippen LogP) is 2.87. The summed E-state index contributed by atoms with van der Waals surface area (Å²) in [6.45, 7) is 5.21. The highest BCUT2D eigenvalue weighted by Crippen LogP contribution is 2.26. The van der Waals surface area contributed by atoms with Gasteiger partial charge in [0.25, 0.3) is 0 Å². The van der Waals surface area contributed by atoms with Crippen LogP contribution in [0.4, 0.5) is 0 Å². The van der Waals surface area contributed by atoms with Crippen LogP contribution in [-0.4, -0.2) is 46.5 Å². The third-order valence-corrected chi connectivity index (χ3v) is 5.12. The maximum Gasteiger partial charge on any atom is 0.230 e. The summed E-state index contributed by atoms with van der Waals surface area (Å²) in [7, 11) is 1.61. The molecule has 7 heteroatoms. The van der Waals surface area contributed by atoms with Gasteiger partial charge in [-0.15, -0.1) is 0 Å². The van der Waals surface area contributed by atoms with Crippen LogP contribution in [-0.2, 0) is 9.53 Å². The van der Waals surface area contributed by atoms with Gasteiger partial charge in [0, 0.05) is 31.6 Å². The molecule has 6 nitrogen and oxygen atoms in total. The van der Waals surface area contributed by atoms with Crippen LogP contribution in [0.25, 0.3) is 16.8 Å². The molecule has 1 amide bonds. The molecule has 3 aromatic rings. The highest BCUT2D eigenvalue weighted by atomic mass is 32.2. The summed E-state index contributed by atoms with van der Waals surface area (Å²) in [4.78, 5) is 16.3. The molecule has 1 aromatic carbocycles. The summed E-state index contributed by atoms with van der Waals surface area (Å²) in [5.41, 5.74) is 5.36. The third-order valence-electron chi connectivity index (χ3n) is 4.13. The Kier molecular flexibility index (Phi) is 5.90. The van der Waals surface area contributed by atoms with E-state index in [0.29, 0.717) is 18.9 Å². The van der Waals surface area contributed by atoms with Gasteiger partial charge in [-0.05, 0) is 37.1 Å². The number of rotatable bonds is 7. The van der Waals surface area contributed by atoms with Crippen LogP contribution in [0, 0.1) is 13.8 Å². The van der Waals surface area contributed by atoms with Crippen LogP contribution in [0.1, 0.15) is 11.1 Å². The highest BCUT2D eigenvalue weighted by Gasteiger charge is 2.11. The van der Waals surface area contributed by atoms with Crippen LogP contribution in [0.5, 0.6) is 0 Å². The maximum atomic E-state index is 11.9. The summed E-state index contributed by atoms with van der Waals surface area (Å²) < 4.78 is 6.74. The van der Waals surface area contributed by atoms with Crippen LogP contribution < -0.4 is 5.32 Å². The van der Waals surface area contributed by atoms with E-state index in [1.54, 1.807) is 13.3 Å². The molecule has 0 unspecified atom stereocenters. The van der Waals surface area contributed by atoms with E-state index in [2.05, 4.69) is 47.4 Å². The number of hydrogen-bond donors (Lipinski definition) is 1. The second-order valence-corrected chi connectivity index (χ2v) is 6.99. The van der Waals surface area contributed by atoms with Gasteiger partial charge in [-0.1, -0.05) is 23.9 Å². The molecule has 0 saturated heterocycles. The SMILES string of the molecule is COCCNC(=O)CSc1nccn2nc(-c3ccc(C)c(C)c3)cc12. The van der Waals surface area contributed by atoms with Gasteiger partial charge in [-0.3, -0.25) is 4.79 Å². The zero-order valence-corrected chi connectivity index (χ0v) is 16.0. The molecule has 0 aliphatic heterocycles. The smallest absolute Gasteiger partial charge is 0.230 e. The average Bonchev–Trinajstić information content (AvgIpc) is 3.07. The fourth-order valence-corrected chi connectivity index (χ4v) is 3.33. The maximum absolute atomic E-state index is 11.9. The van der Waals surface area contributed by atoms with Crippen molar-refractivity contribution < 1.29 is 9.53 Å². The Labute approximate surface area is 157 Å². The zero-order valence-electron chi connectivity index (χ0n) is 15.2. The number of aromatic nitrogens is 3. The summed E-state index contributed by atoms with van der Waals surface area (Å²) in [5.74, 6) is 0.269. The van der Waals surface area contributed by atoms with E-state index in [1.807, 2.05) is 16.8 Å². The van der Waals surface area contributed by atoms with Gasteiger partial charge >= 0.3 is 0 Å². The normalized spacial score (nSPS) is 11.0. The molecule has 0 aliphatic carbocycles. The molecule has 2 aromatic heterocycles. The van der Waals surface area contributed by atoms with Crippen molar-refractivity contribution in [1.82, 2.24) is 19.9 Å². The summed E-state index contributed by atoms with van der Waals surface area (Å²) in [6, 6.07) is 8.34. The molecule has 0 saturated carbocycles. The Balaban J connectivity index is 1.78. The lowest BCUT2D eigenvalue weighted by atomic mass is 10.0. The number of hydrogen-bond acceptors (Lipinski definition) is 5. The lowest BCUT2D eigenvalue weighted by Gasteiger charge is -2.04. The molecule has 3 rings (SSSR count). The molecule has 26 heavy (non-hydrogen) atoms. The van der Waals surface area contributed by atoms with Crippen LogP contribution >= 0.6 is 11.8 Å². The van der Waals surface area contributed by atoms with Crippen molar-refractivity contribution in [2.75, 3.05) is 26.0 Å². The number of benzene rings is 1. The second-order valence-electron chi connectivity index (χ2n) is 6.02. The molecular formula is C19H22N4O2S. The first-order chi connectivity index (χ1) is 12.6. The van der Waals surface area contributed by atoms with E-state index < -0.39 is 0 Å². The average molecular weight is 370 g/mol. The lowest BCUT2D eigenvalue weighted by molar-refractivity contribution is -0.118. The number of aryl methyl sites for hydroxylation is 2. The monoisotopic (exact) mass is 370 g/mol. The van der Waals surface area contributed by atoms with E-state index in [9.17, 15) is 4.79 Å². The summed E-state index contributed by atoms with van der Waals surface area (Å²) in [6.07, 6.45) is 3.53. The quantitative estimate of drug-likeness (QED) is 0.512. The Hall–Kier alpha value is -2.38. The van der Waals surface area contributed by atoms with Gasteiger partial charge in [0.15, 0.2) is 0 Å². The zero-order chi connectivity index (χ0) is 18.5. The van der Waals surface area contributed by atoms with Gasteiger partial charge in [0.2, 0.25) is 5.91 Å². The Bertz CT molecular complexity index is 923. The largest absolute Gasteiger partial charge is 0.383 e. The van der Waals surface area contributed by atoms with Crippen molar-refractivity contribution >= 4 is 23.2 Å². The number of fused-ring (bicyclic) bond motifs is 1. The molecule has 0 fully saturated rings. The van der Waals surface area contributed by atoms with Crippen molar-refractivity contribution in [3.63, 3.8) is 0 Å². The standard InChI is InChI=1S/C19H22N4O2S/c1-13-4-5-15(10-14(13)2)16-11-17-19(21-6-8-23(17)22-16)26-12-18(24)20-7-9-25-3/h4-6,8,10-11H,7,9,12H2,1-3H3,(H,20,24). The first-order valence-electron chi connectivity index (χ1n) is 8.39. The first kappa shape index (κ1) is 18.4. The van der Waals surface area contributed by atoms with E-state index >= 15 is 0 Å². The fraction of sp³-hybridized carbons (Fsp3) is 0.316. The molecular weight excluding hydrogens is 348 g/mol. The third kappa shape index (κ3) is 4.23. The van der Waals surface area contributed by atoms with Crippen LogP contribution in [0.3, 0.4) is 0 Å². The lowest BCUT2D eigenvalue weighted by Crippen LogP contribution is -2.28. The van der Waals surface area contributed by atoms with E-state index in [-0.39, 0.29) is 5.91 Å². The number of ether oxygens (including phenoxy) is 1. The molecule has 136 valence electrons. The van der Waals surface area contributed by atoms with Crippen LogP contribution in [0.15, 0.2) is 41.7 Å². The highest BCUT2D eigenvalue weighted by molar-refractivity contribution is 8.00. The van der Waals surface area contributed by atoms with Crippen molar-refractivity contribution in [3.8, 4) is 11.3 Å². The molecule has 0 atom stereocenters.